The van der Waals surface area contributed by atoms with E-state index in [1.165, 1.54) is 0 Å². The molecule has 0 spiro atoms. The zero-order chi connectivity index (χ0) is 13.5. The summed E-state index contributed by atoms with van der Waals surface area (Å²) in [7, 11) is 0. The van der Waals surface area contributed by atoms with Crippen LogP contribution in [0.5, 0.6) is 0 Å². The summed E-state index contributed by atoms with van der Waals surface area (Å²) < 4.78 is 5.33. The molecule has 19 heavy (non-hydrogen) atoms. The zero-order valence-corrected chi connectivity index (χ0v) is 10.7. The molecule has 0 unspecified atom stereocenters. The van der Waals surface area contributed by atoms with Gasteiger partial charge in [0.15, 0.2) is 0 Å². The van der Waals surface area contributed by atoms with Crippen LogP contribution in [0.15, 0.2) is 30.3 Å². The van der Waals surface area contributed by atoms with Gasteiger partial charge in [0, 0.05) is 13.1 Å². The second-order valence-corrected chi connectivity index (χ2v) is 4.37. The van der Waals surface area contributed by atoms with E-state index in [1.807, 2.05) is 6.07 Å². The molecule has 1 aliphatic heterocycles. The number of nitrogens with zero attached hydrogens (tertiary/aromatic N) is 1. The number of rotatable bonds is 5. The Labute approximate surface area is 112 Å². The van der Waals surface area contributed by atoms with E-state index in [4.69, 9.17) is 9.57 Å². The third-order valence-corrected chi connectivity index (χ3v) is 3.02. The molecule has 1 aromatic rings. The molecule has 0 N–H and O–H groups in total. The van der Waals surface area contributed by atoms with Crippen LogP contribution in [-0.2, 0) is 14.4 Å². The molecule has 1 aliphatic rings. The van der Waals surface area contributed by atoms with Crippen LogP contribution in [0, 0.1) is 0 Å². The van der Waals surface area contributed by atoms with Crippen LogP contribution in [0.25, 0.3) is 0 Å². The van der Waals surface area contributed by atoms with Gasteiger partial charge in [-0.25, -0.2) is 4.79 Å². The maximum atomic E-state index is 11.8. The van der Waals surface area contributed by atoms with Gasteiger partial charge >= 0.3 is 5.97 Å². The van der Waals surface area contributed by atoms with E-state index in [0.29, 0.717) is 18.7 Å². The Morgan fingerprint density at radius 2 is 1.95 bits per heavy atom. The van der Waals surface area contributed by atoms with Crippen LogP contribution in [0.3, 0.4) is 0 Å². The summed E-state index contributed by atoms with van der Waals surface area (Å²) in [6, 6.07) is 8.91. The first kappa shape index (κ1) is 13.7. The normalized spacial score (nSPS) is 17.1. The topological polar surface area (TPSA) is 55.8 Å². The third kappa shape index (κ3) is 4.15. The molecule has 2 rings (SSSR count). The lowest BCUT2D eigenvalue weighted by atomic mass is 10.1. The van der Waals surface area contributed by atoms with E-state index < -0.39 is 0 Å². The smallest absolute Gasteiger partial charge is 0.357 e. The van der Waals surface area contributed by atoms with Crippen molar-refractivity contribution in [2.24, 2.45) is 0 Å². The standard InChI is InChI=1S/C14H17NO4/c16-10-11-18-13-6-8-15(9-7-13)19-14(17)12-4-2-1-3-5-12/h1-5,10,13H,6-9,11H2. The minimum atomic E-state index is -0.340. The SMILES string of the molecule is O=CCOC1CCN(OC(=O)c2ccccc2)CC1. The molecule has 0 aromatic heterocycles. The highest BCUT2D eigenvalue weighted by molar-refractivity contribution is 5.89. The Hall–Kier alpha value is -1.72. The van der Waals surface area contributed by atoms with Crippen LogP contribution in [0.2, 0.25) is 0 Å². The molecule has 5 heteroatoms. The second-order valence-electron chi connectivity index (χ2n) is 4.37. The largest absolute Gasteiger partial charge is 0.371 e. The number of carbonyl (C=O) groups excluding carboxylic acids is 2. The summed E-state index contributed by atoms with van der Waals surface area (Å²) in [5.74, 6) is -0.340. The summed E-state index contributed by atoms with van der Waals surface area (Å²) in [5, 5.41) is 1.65. The molecule has 1 aromatic carbocycles. The lowest BCUT2D eigenvalue weighted by Crippen LogP contribution is -2.38. The van der Waals surface area contributed by atoms with Gasteiger partial charge in [0.25, 0.3) is 0 Å². The molecule has 102 valence electrons. The van der Waals surface area contributed by atoms with Gasteiger partial charge in [-0.2, -0.15) is 0 Å². The predicted molar refractivity (Wildman–Crippen MR) is 68.5 cm³/mol. The van der Waals surface area contributed by atoms with Crippen molar-refractivity contribution in [2.45, 2.75) is 18.9 Å². The number of hydrogen-bond acceptors (Lipinski definition) is 5. The molecule has 1 heterocycles. The summed E-state index contributed by atoms with van der Waals surface area (Å²) >= 11 is 0. The van der Waals surface area contributed by atoms with Crippen molar-refractivity contribution in [1.29, 1.82) is 0 Å². The maximum absolute atomic E-state index is 11.8. The van der Waals surface area contributed by atoms with Crippen molar-refractivity contribution < 1.29 is 19.2 Å². The second kappa shape index (κ2) is 7.01. The lowest BCUT2D eigenvalue weighted by Gasteiger charge is -2.29. The first-order chi connectivity index (χ1) is 9.29. The fourth-order valence-corrected chi connectivity index (χ4v) is 2.01. The first-order valence-electron chi connectivity index (χ1n) is 6.37. The first-order valence-corrected chi connectivity index (χ1v) is 6.37. The minimum absolute atomic E-state index is 0.0804. The Bertz CT molecular complexity index is 413. The van der Waals surface area contributed by atoms with E-state index in [9.17, 15) is 9.59 Å². The van der Waals surface area contributed by atoms with Crippen LogP contribution in [0.1, 0.15) is 23.2 Å². The average Bonchev–Trinajstić information content (AvgIpc) is 2.47. The van der Waals surface area contributed by atoms with E-state index >= 15 is 0 Å². The summed E-state index contributed by atoms with van der Waals surface area (Å²) in [4.78, 5) is 27.3. The number of ether oxygens (including phenoxy) is 1. The van der Waals surface area contributed by atoms with E-state index in [1.54, 1.807) is 29.3 Å². The highest BCUT2D eigenvalue weighted by Crippen LogP contribution is 2.14. The van der Waals surface area contributed by atoms with Crippen molar-refractivity contribution in [3.05, 3.63) is 35.9 Å². The number of carbonyl (C=O) groups is 2. The van der Waals surface area contributed by atoms with Gasteiger partial charge in [0.1, 0.15) is 12.9 Å². The van der Waals surface area contributed by atoms with Gasteiger partial charge in [-0.3, -0.25) is 0 Å². The Kier molecular flexibility index (Phi) is 5.06. The summed E-state index contributed by atoms with van der Waals surface area (Å²) in [6.45, 7) is 1.39. The van der Waals surface area contributed by atoms with Gasteiger partial charge in [-0.05, 0) is 25.0 Å². The Morgan fingerprint density at radius 3 is 2.58 bits per heavy atom. The fraction of sp³-hybridized carbons (Fsp3) is 0.429. The fourth-order valence-electron chi connectivity index (χ4n) is 2.01. The quantitative estimate of drug-likeness (QED) is 0.752. The highest BCUT2D eigenvalue weighted by atomic mass is 16.7. The van der Waals surface area contributed by atoms with Gasteiger partial charge in [-0.15, -0.1) is 5.06 Å². The summed E-state index contributed by atoms with van der Waals surface area (Å²) in [6.07, 6.45) is 2.35. The number of hydrogen-bond donors (Lipinski definition) is 0. The van der Waals surface area contributed by atoms with Crippen molar-refractivity contribution in [2.75, 3.05) is 19.7 Å². The number of piperidine rings is 1. The molecule has 1 saturated heterocycles. The van der Waals surface area contributed by atoms with Crippen LogP contribution in [0.4, 0.5) is 0 Å². The molecule has 1 fully saturated rings. The van der Waals surface area contributed by atoms with Gasteiger partial charge in [-0.1, -0.05) is 18.2 Å². The number of hydroxylamine groups is 2. The van der Waals surface area contributed by atoms with Crippen LogP contribution in [-0.4, -0.2) is 43.1 Å². The number of benzene rings is 1. The average molecular weight is 263 g/mol. The number of aldehydes is 1. The third-order valence-electron chi connectivity index (χ3n) is 3.02. The molecule has 5 nitrogen and oxygen atoms in total. The molecule has 0 radical (unpaired) electrons. The molecule has 0 bridgehead atoms. The monoisotopic (exact) mass is 263 g/mol. The van der Waals surface area contributed by atoms with Gasteiger partial charge < -0.3 is 14.4 Å². The van der Waals surface area contributed by atoms with E-state index in [2.05, 4.69) is 0 Å². The molecular formula is C14H17NO4. The molecular weight excluding hydrogens is 246 g/mol. The van der Waals surface area contributed by atoms with Gasteiger partial charge in [0.05, 0.1) is 11.7 Å². The minimum Gasteiger partial charge on any atom is -0.371 e. The molecule has 0 atom stereocenters. The van der Waals surface area contributed by atoms with Crippen LogP contribution >= 0.6 is 0 Å². The zero-order valence-electron chi connectivity index (χ0n) is 10.7. The molecule has 0 saturated carbocycles. The molecule has 0 amide bonds. The summed E-state index contributed by atoms with van der Waals surface area (Å²) in [5.41, 5.74) is 0.543. The molecule has 0 aliphatic carbocycles. The van der Waals surface area contributed by atoms with Crippen molar-refractivity contribution >= 4 is 12.3 Å². The van der Waals surface area contributed by atoms with Crippen molar-refractivity contribution in [3.8, 4) is 0 Å². The highest BCUT2D eigenvalue weighted by Gasteiger charge is 2.22. The van der Waals surface area contributed by atoms with Crippen LogP contribution < -0.4 is 0 Å². The van der Waals surface area contributed by atoms with Crippen molar-refractivity contribution in [3.63, 3.8) is 0 Å². The predicted octanol–water partition coefficient (Wildman–Crippen LogP) is 1.44. The van der Waals surface area contributed by atoms with E-state index in [0.717, 1.165) is 19.1 Å². The van der Waals surface area contributed by atoms with Crippen molar-refractivity contribution in [1.82, 2.24) is 5.06 Å². The lowest BCUT2D eigenvalue weighted by molar-refractivity contribution is -0.141. The van der Waals surface area contributed by atoms with Gasteiger partial charge in [0.2, 0.25) is 0 Å². The Balaban J connectivity index is 1.76. The Morgan fingerprint density at radius 1 is 1.26 bits per heavy atom. The van der Waals surface area contributed by atoms with E-state index in [-0.39, 0.29) is 18.7 Å². The maximum Gasteiger partial charge on any atom is 0.357 e.